The van der Waals surface area contributed by atoms with Crippen LogP contribution in [-0.2, 0) is 22.6 Å². The molecule has 0 aliphatic carbocycles. The number of nitrogens with zero attached hydrogens (tertiary/aromatic N) is 1. The van der Waals surface area contributed by atoms with Gasteiger partial charge in [-0.2, -0.15) is 0 Å². The summed E-state index contributed by atoms with van der Waals surface area (Å²) in [7, 11) is 0. The summed E-state index contributed by atoms with van der Waals surface area (Å²) in [6, 6.07) is 15.6. The normalized spacial score (nSPS) is 11.7. The molecule has 0 radical (unpaired) electrons. The minimum Gasteiger partial charge on any atom is -0.354 e. The quantitative estimate of drug-likeness (QED) is 0.507. The SMILES string of the molecule is CCCCNC(=O)[C@H](C)N(Cc1ccc(Br)cc1)C(=O)CCc1ccc(C)cc1. The molecular formula is C24H31BrN2O2. The molecule has 4 nitrogen and oxygen atoms in total. The predicted molar refractivity (Wildman–Crippen MR) is 122 cm³/mol. The van der Waals surface area contributed by atoms with E-state index >= 15 is 0 Å². The van der Waals surface area contributed by atoms with E-state index in [0.29, 0.717) is 25.9 Å². The molecule has 29 heavy (non-hydrogen) atoms. The van der Waals surface area contributed by atoms with Gasteiger partial charge in [0.2, 0.25) is 11.8 Å². The third-order valence-electron chi connectivity index (χ3n) is 5.01. The fourth-order valence-corrected chi connectivity index (χ4v) is 3.32. The molecule has 0 aliphatic heterocycles. The molecule has 0 heterocycles. The van der Waals surface area contributed by atoms with Crippen molar-refractivity contribution in [1.82, 2.24) is 10.2 Å². The lowest BCUT2D eigenvalue weighted by Gasteiger charge is -2.29. The van der Waals surface area contributed by atoms with Crippen molar-refractivity contribution in [2.24, 2.45) is 0 Å². The first-order valence-corrected chi connectivity index (χ1v) is 11.1. The number of benzene rings is 2. The Morgan fingerprint density at radius 2 is 1.66 bits per heavy atom. The van der Waals surface area contributed by atoms with E-state index in [2.05, 4.69) is 52.4 Å². The van der Waals surface area contributed by atoms with E-state index in [9.17, 15) is 9.59 Å². The summed E-state index contributed by atoms with van der Waals surface area (Å²) in [6.45, 7) is 7.01. The molecule has 2 aromatic rings. The van der Waals surface area contributed by atoms with Crippen molar-refractivity contribution < 1.29 is 9.59 Å². The van der Waals surface area contributed by atoms with Crippen LogP contribution in [0.2, 0.25) is 0 Å². The first-order chi connectivity index (χ1) is 13.9. The monoisotopic (exact) mass is 458 g/mol. The van der Waals surface area contributed by atoms with Crippen LogP contribution in [0.5, 0.6) is 0 Å². The number of unbranched alkanes of at least 4 members (excludes halogenated alkanes) is 1. The Bertz CT molecular complexity index is 788. The number of rotatable bonds is 10. The highest BCUT2D eigenvalue weighted by molar-refractivity contribution is 9.10. The Hall–Kier alpha value is -2.14. The average Bonchev–Trinajstić information content (AvgIpc) is 2.72. The van der Waals surface area contributed by atoms with Crippen molar-refractivity contribution in [3.63, 3.8) is 0 Å². The number of carbonyl (C=O) groups excluding carboxylic acids is 2. The molecule has 5 heteroatoms. The van der Waals surface area contributed by atoms with Crippen molar-refractivity contribution in [3.05, 3.63) is 69.7 Å². The van der Waals surface area contributed by atoms with Crippen molar-refractivity contribution in [1.29, 1.82) is 0 Å². The maximum Gasteiger partial charge on any atom is 0.242 e. The minimum atomic E-state index is -0.513. The number of hydrogen-bond donors (Lipinski definition) is 1. The van der Waals surface area contributed by atoms with Crippen LogP contribution < -0.4 is 5.32 Å². The second-order valence-corrected chi connectivity index (χ2v) is 8.37. The zero-order valence-electron chi connectivity index (χ0n) is 17.6. The van der Waals surface area contributed by atoms with E-state index in [0.717, 1.165) is 28.4 Å². The highest BCUT2D eigenvalue weighted by Crippen LogP contribution is 2.16. The third-order valence-corrected chi connectivity index (χ3v) is 5.54. The van der Waals surface area contributed by atoms with E-state index in [1.165, 1.54) is 5.56 Å². The number of hydrogen-bond acceptors (Lipinski definition) is 2. The summed E-state index contributed by atoms with van der Waals surface area (Å²) in [5.74, 6) is -0.106. The number of amides is 2. The summed E-state index contributed by atoms with van der Waals surface area (Å²) in [4.78, 5) is 27.4. The van der Waals surface area contributed by atoms with Crippen LogP contribution in [0.25, 0.3) is 0 Å². The molecule has 156 valence electrons. The van der Waals surface area contributed by atoms with Crippen LogP contribution in [0.4, 0.5) is 0 Å². The fraction of sp³-hybridized carbons (Fsp3) is 0.417. The second kappa shape index (κ2) is 11.8. The van der Waals surface area contributed by atoms with Gasteiger partial charge in [0.05, 0.1) is 0 Å². The van der Waals surface area contributed by atoms with Crippen LogP contribution in [0, 0.1) is 6.92 Å². The van der Waals surface area contributed by atoms with E-state index in [-0.39, 0.29) is 11.8 Å². The lowest BCUT2D eigenvalue weighted by molar-refractivity contribution is -0.140. The van der Waals surface area contributed by atoms with Crippen LogP contribution in [0.15, 0.2) is 53.0 Å². The molecule has 0 aromatic heterocycles. The van der Waals surface area contributed by atoms with Crippen LogP contribution in [0.3, 0.4) is 0 Å². The Balaban J connectivity index is 2.08. The molecule has 2 rings (SSSR count). The maximum atomic E-state index is 13.1. The van der Waals surface area contributed by atoms with E-state index in [4.69, 9.17) is 0 Å². The summed E-state index contributed by atoms with van der Waals surface area (Å²) in [5.41, 5.74) is 3.34. The predicted octanol–water partition coefficient (Wildman–Crippen LogP) is 5.02. The van der Waals surface area contributed by atoms with Gasteiger partial charge in [0, 0.05) is 24.0 Å². The van der Waals surface area contributed by atoms with Crippen LogP contribution in [0.1, 0.15) is 49.8 Å². The summed E-state index contributed by atoms with van der Waals surface area (Å²) in [5, 5.41) is 2.95. The summed E-state index contributed by atoms with van der Waals surface area (Å²) < 4.78 is 0.990. The molecule has 0 fully saturated rings. The number of halogens is 1. The lowest BCUT2D eigenvalue weighted by Crippen LogP contribution is -2.47. The Kier molecular flexibility index (Phi) is 9.39. The molecule has 1 N–H and O–H groups in total. The highest BCUT2D eigenvalue weighted by atomic mass is 79.9. The highest BCUT2D eigenvalue weighted by Gasteiger charge is 2.25. The second-order valence-electron chi connectivity index (χ2n) is 7.45. The molecule has 1 atom stereocenters. The lowest BCUT2D eigenvalue weighted by atomic mass is 10.1. The average molecular weight is 459 g/mol. The van der Waals surface area contributed by atoms with Gasteiger partial charge in [-0.15, -0.1) is 0 Å². The fourth-order valence-electron chi connectivity index (χ4n) is 3.05. The van der Waals surface area contributed by atoms with Gasteiger partial charge in [-0.1, -0.05) is 71.2 Å². The molecule has 0 bridgehead atoms. The maximum absolute atomic E-state index is 13.1. The van der Waals surface area contributed by atoms with Gasteiger partial charge in [0.25, 0.3) is 0 Å². The molecule has 0 saturated heterocycles. The molecule has 0 spiro atoms. The first kappa shape index (κ1) is 23.1. The zero-order chi connectivity index (χ0) is 21.2. The summed E-state index contributed by atoms with van der Waals surface area (Å²) in [6.07, 6.45) is 3.01. The largest absolute Gasteiger partial charge is 0.354 e. The molecule has 0 unspecified atom stereocenters. The molecular weight excluding hydrogens is 428 g/mol. The van der Waals surface area contributed by atoms with Crippen molar-refractivity contribution in [2.45, 2.75) is 59.0 Å². The third kappa shape index (κ3) is 7.65. The number of aryl methyl sites for hydroxylation is 2. The van der Waals surface area contributed by atoms with Crippen molar-refractivity contribution in [2.75, 3.05) is 6.54 Å². The molecule has 2 amide bonds. The molecule has 0 aliphatic rings. The van der Waals surface area contributed by atoms with Gasteiger partial charge < -0.3 is 10.2 Å². The minimum absolute atomic E-state index is 0.00775. The van der Waals surface area contributed by atoms with E-state index in [1.807, 2.05) is 38.1 Å². The number of nitrogens with one attached hydrogen (secondary N) is 1. The van der Waals surface area contributed by atoms with E-state index < -0.39 is 6.04 Å². The van der Waals surface area contributed by atoms with Gasteiger partial charge in [-0.3, -0.25) is 9.59 Å². The Morgan fingerprint density at radius 1 is 1.03 bits per heavy atom. The van der Waals surface area contributed by atoms with Gasteiger partial charge in [0.1, 0.15) is 6.04 Å². The summed E-state index contributed by atoms with van der Waals surface area (Å²) >= 11 is 3.44. The Morgan fingerprint density at radius 3 is 2.28 bits per heavy atom. The molecule has 0 saturated carbocycles. The van der Waals surface area contributed by atoms with E-state index in [1.54, 1.807) is 4.90 Å². The first-order valence-electron chi connectivity index (χ1n) is 10.3. The standard InChI is InChI=1S/C24H31BrN2O2/c1-4-5-16-26-24(29)19(3)27(17-21-10-13-22(25)14-11-21)23(28)15-12-20-8-6-18(2)7-9-20/h6-11,13-14,19H,4-5,12,15-17H2,1-3H3,(H,26,29)/t19-/m0/s1. The van der Waals surface area contributed by atoms with Gasteiger partial charge in [0.15, 0.2) is 0 Å². The number of carbonyl (C=O) groups is 2. The van der Waals surface area contributed by atoms with Crippen LogP contribution >= 0.6 is 15.9 Å². The van der Waals surface area contributed by atoms with Gasteiger partial charge >= 0.3 is 0 Å². The van der Waals surface area contributed by atoms with Crippen LogP contribution in [-0.4, -0.2) is 29.3 Å². The van der Waals surface area contributed by atoms with Gasteiger partial charge in [-0.25, -0.2) is 0 Å². The van der Waals surface area contributed by atoms with Crippen molar-refractivity contribution in [3.8, 4) is 0 Å². The molecule has 2 aromatic carbocycles. The van der Waals surface area contributed by atoms with Crippen molar-refractivity contribution >= 4 is 27.7 Å². The smallest absolute Gasteiger partial charge is 0.242 e. The zero-order valence-corrected chi connectivity index (χ0v) is 19.2. The Labute approximate surface area is 182 Å². The van der Waals surface area contributed by atoms with Gasteiger partial charge in [-0.05, 0) is 49.9 Å². The topological polar surface area (TPSA) is 49.4 Å².